The van der Waals surface area contributed by atoms with Crippen LogP contribution in [0.25, 0.3) is 0 Å². The van der Waals surface area contributed by atoms with Crippen LogP contribution in [0.2, 0.25) is 0 Å². The van der Waals surface area contributed by atoms with Crippen LogP contribution >= 0.6 is 0 Å². The van der Waals surface area contributed by atoms with E-state index in [1.54, 1.807) is 0 Å². The van der Waals surface area contributed by atoms with E-state index < -0.39 is 0 Å². The first-order valence-electron chi connectivity index (χ1n) is 9.22. The maximum absolute atomic E-state index is 4.99. The zero-order valence-electron chi connectivity index (χ0n) is 16.4. The van der Waals surface area contributed by atoms with Crippen molar-refractivity contribution < 1.29 is 20.1 Å². The summed E-state index contributed by atoms with van der Waals surface area (Å²) in [5.74, 6) is 1.69. The molecule has 0 unspecified atom stereocenters. The molecule has 0 amide bonds. The SMILES string of the molecule is [CH2-]Cc1ccccc1N1[CH-]N(c2ccccc2)c2nc(C(C)(C)C)cnc21.[Ir]. The van der Waals surface area contributed by atoms with Gasteiger partial charge in [0.25, 0.3) is 0 Å². The number of rotatable bonds is 3. The molecule has 1 radical (unpaired) electrons. The number of para-hydroxylation sites is 2. The van der Waals surface area contributed by atoms with Crippen LogP contribution in [-0.4, -0.2) is 9.97 Å². The molecule has 1 aromatic heterocycles. The van der Waals surface area contributed by atoms with Crippen molar-refractivity contribution in [2.45, 2.75) is 32.6 Å². The molecule has 2 aromatic carbocycles. The molecule has 0 bridgehead atoms. The Kier molecular flexibility index (Phi) is 5.87. The van der Waals surface area contributed by atoms with E-state index in [4.69, 9.17) is 9.97 Å². The molecule has 0 N–H and O–H groups in total. The number of hydrogen-bond donors (Lipinski definition) is 0. The Morgan fingerprint density at radius 1 is 0.929 bits per heavy atom. The maximum atomic E-state index is 4.99. The third-order valence-electron chi connectivity index (χ3n) is 4.75. The molecular formula is C23H24IrN4-2. The summed E-state index contributed by atoms with van der Waals surface area (Å²) in [7, 11) is 0. The zero-order valence-corrected chi connectivity index (χ0v) is 18.8. The fraction of sp³-hybridized carbons (Fsp3) is 0.217. The van der Waals surface area contributed by atoms with Gasteiger partial charge in [0.2, 0.25) is 0 Å². The first-order chi connectivity index (χ1) is 13.0. The summed E-state index contributed by atoms with van der Waals surface area (Å²) < 4.78 is 0. The summed E-state index contributed by atoms with van der Waals surface area (Å²) in [5, 5.41) is 0. The van der Waals surface area contributed by atoms with E-state index >= 15 is 0 Å². The van der Waals surface area contributed by atoms with E-state index in [1.807, 2.05) is 36.5 Å². The molecule has 0 aliphatic carbocycles. The smallest absolute Gasteiger partial charge is 0.146 e. The van der Waals surface area contributed by atoms with Crippen molar-refractivity contribution in [2.24, 2.45) is 0 Å². The number of anilines is 4. The Labute approximate surface area is 181 Å². The van der Waals surface area contributed by atoms with Crippen molar-refractivity contribution in [3.05, 3.63) is 85.6 Å². The van der Waals surface area contributed by atoms with Crippen LogP contribution < -0.4 is 9.80 Å². The average molecular weight is 549 g/mol. The van der Waals surface area contributed by atoms with Crippen LogP contribution in [0.4, 0.5) is 23.0 Å². The van der Waals surface area contributed by atoms with Gasteiger partial charge in [-0.25, -0.2) is 9.97 Å². The van der Waals surface area contributed by atoms with Crippen LogP contribution in [0.3, 0.4) is 0 Å². The van der Waals surface area contributed by atoms with Crippen LogP contribution in [0.1, 0.15) is 32.0 Å². The second-order valence-corrected chi connectivity index (χ2v) is 7.72. The summed E-state index contributed by atoms with van der Waals surface area (Å²) in [6, 6.07) is 18.6. The molecule has 0 saturated heterocycles. The molecule has 3 aromatic rings. The Morgan fingerprint density at radius 2 is 1.61 bits per heavy atom. The summed E-state index contributed by atoms with van der Waals surface area (Å²) in [5.41, 5.74) is 4.24. The normalized spacial score (nSPS) is 13.3. The van der Waals surface area contributed by atoms with Crippen LogP contribution in [0.5, 0.6) is 0 Å². The van der Waals surface area contributed by atoms with Gasteiger partial charge in [0.15, 0.2) is 0 Å². The fourth-order valence-electron chi connectivity index (χ4n) is 3.20. The number of nitrogens with zero attached hydrogens (tertiary/aromatic N) is 4. The van der Waals surface area contributed by atoms with Gasteiger partial charge >= 0.3 is 0 Å². The largest absolute Gasteiger partial charge is 0.456 e. The number of fused-ring (bicyclic) bond motifs is 1. The molecule has 2 heterocycles. The molecule has 4 nitrogen and oxygen atoms in total. The summed E-state index contributed by atoms with van der Waals surface area (Å²) in [6.45, 7) is 12.6. The third kappa shape index (κ3) is 3.69. The molecule has 147 valence electrons. The molecule has 0 spiro atoms. The first-order valence-corrected chi connectivity index (χ1v) is 9.22. The molecule has 0 saturated carbocycles. The van der Waals surface area contributed by atoms with Crippen molar-refractivity contribution in [3.63, 3.8) is 0 Å². The van der Waals surface area contributed by atoms with Crippen molar-refractivity contribution in [3.8, 4) is 0 Å². The number of aromatic nitrogens is 2. The number of hydrogen-bond acceptors (Lipinski definition) is 4. The zero-order chi connectivity index (χ0) is 19.0. The van der Waals surface area contributed by atoms with E-state index in [0.717, 1.165) is 28.7 Å². The molecule has 28 heavy (non-hydrogen) atoms. The Balaban J connectivity index is 0.00000225. The maximum Gasteiger partial charge on any atom is 0.146 e. The number of benzene rings is 2. The molecular weight excluding hydrogens is 524 g/mol. The topological polar surface area (TPSA) is 32.3 Å². The van der Waals surface area contributed by atoms with E-state index in [1.165, 1.54) is 5.56 Å². The van der Waals surface area contributed by atoms with Gasteiger partial charge in [-0.05, 0) is 18.2 Å². The van der Waals surface area contributed by atoms with E-state index in [2.05, 4.69) is 68.4 Å². The second kappa shape index (κ2) is 8.02. The van der Waals surface area contributed by atoms with Crippen LogP contribution in [0, 0.1) is 13.6 Å². The molecule has 5 heteroatoms. The minimum Gasteiger partial charge on any atom is -0.456 e. The average Bonchev–Trinajstić information content (AvgIpc) is 3.06. The van der Waals surface area contributed by atoms with Gasteiger partial charge in [0.1, 0.15) is 11.6 Å². The minimum absolute atomic E-state index is 0. The van der Waals surface area contributed by atoms with Gasteiger partial charge in [0, 0.05) is 36.9 Å². The van der Waals surface area contributed by atoms with Crippen molar-refractivity contribution in [1.29, 1.82) is 0 Å². The molecule has 1 aliphatic heterocycles. The van der Waals surface area contributed by atoms with Gasteiger partial charge in [-0.1, -0.05) is 62.7 Å². The second-order valence-electron chi connectivity index (χ2n) is 7.72. The summed E-state index contributed by atoms with van der Waals surface area (Å²) in [4.78, 5) is 14.0. The minimum atomic E-state index is -0.0664. The summed E-state index contributed by atoms with van der Waals surface area (Å²) >= 11 is 0. The van der Waals surface area contributed by atoms with Crippen molar-refractivity contribution in [1.82, 2.24) is 9.97 Å². The quantitative estimate of drug-likeness (QED) is 0.402. The van der Waals surface area contributed by atoms with E-state index in [0.29, 0.717) is 6.42 Å². The molecule has 4 rings (SSSR count). The van der Waals surface area contributed by atoms with Crippen molar-refractivity contribution >= 4 is 23.0 Å². The van der Waals surface area contributed by atoms with E-state index in [9.17, 15) is 0 Å². The predicted octanol–water partition coefficient (Wildman–Crippen LogP) is 5.56. The van der Waals surface area contributed by atoms with Crippen LogP contribution in [-0.2, 0) is 31.9 Å². The fourth-order valence-corrected chi connectivity index (χ4v) is 3.20. The van der Waals surface area contributed by atoms with Gasteiger partial charge in [-0.2, -0.15) is 6.42 Å². The first kappa shape index (κ1) is 20.5. The third-order valence-corrected chi connectivity index (χ3v) is 4.75. The van der Waals surface area contributed by atoms with Gasteiger partial charge in [0.05, 0.1) is 11.9 Å². The molecule has 1 aliphatic rings. The summed E-state index contributed by atoms with van der Waals surface area (Å²) in [6.07, 6.45) is 2.61. The van der Waals surface area contributed by atoms with Gasteiger partial charge < -0.3 is 16.7 Å². The van der Waals surface area contributed by atoms with Gasteiger partial charge in [-0.3, -0.25) is 0 Å². The standard InChI is InChI=1S/C23H24N4.Ir/c1-5-17-11-9-10-14-19(17)27-16-26(18-12-7-6-8-13-18)22-21(27)24-15-20(25-22)23(2,3)4;/h6-16H,1,5H2,2-4H3;/q-2;. The Hall–Kier alpha value is -2.23. The molecule has 0 fully saturated rings. The Bertz CT molecular complexity index is 950. The molecule has 0 atom stereocenters. The predicted molar refractivity (Wildman–Crippen MR) is 111 cm³/mol. The Morgan fingerprint density at radius 3 is 2.29 bits per heavy atom. The monoisotopic (exact) mass is 549 g/mol. The van der Waals surface area contributed by atoms with Gasteiger partial charge in [-0.15, -0.1) is 6.67 Å². The van der Waals surface area contributed by atoms with Crippen molar-refractivity contribution in [2.75, 3.05) is 9.80 Å². The van der Waals surface area contributed by atoms with Crippen LogP contribution in [0.15, 0.2) is 60.8 Å². The van der Waals surface area contributed by atoms with E-state index in [-0.39, 0.29) is 25.5 Å².